The van der Waals surface area contributed by atoms with Crippen LogP contribution in [0.2, 0.25) is 0 Å². The molecule has 1 fully saturated rings. The van der Waals surface area contributed by atoms with E-state index in [1.807, 2.05) is 0 Å². The van der Waals surface area contributed by atoms with Crippen molar-refractivity contribution in [2.75, 3.05) is 26.7 Å². The number of carbonyl (C=O) groups is 1. The summed E-state index contributed by atoms with van der Waals surface area (Å²) in [5, 5.41) is 23.8. The van der Waals surface area contributed by atoms with Crippen LogP contribution in [0.25, 0.3) is 11.4 Å². The number of rotatable bonds is 9. The van der Waals surface area contributed by atoms with Gasteiger partial charge in [-0.2, -0.15) is 15.0 Å². The van der Waals surface area contributed by atoms with Crippen LogP contribution < -0.4 is 0 Å². The molecule has 1 aliphatic heterocycles. The van der Waals surface area contributed by atoms with E-state index in [0.29, 0.717) is 30.6 Å². The molecule has 3 heterocycles. The van der Waals surface area contributed by atoms with Gasteiger partial charge in [-0.3, -0.25) is 9.69 Å². The summed E-state index contributed by atoms with van der Waals surface area (Å²) < 4.78 is 40.4. The van der Waals surface area contributed by atoms with Crippen molar-refractivity contribution >= 4 is 11.5 Å². The highest BCUT2D eigenvalue weighted by molar-refractivity contribution is 5.94. The summed E-state index contributed by atoms with van der Waals surface area (Å²) in [6.45, 7) is 5.98. The van der Waals surface area contributed by atoms with Crippen LogP contribution in [-0.2, 0) is 0 Å². The van der Waals surface area contributed by atoms with Crippen LogP contribution in [0.15, 0.2) is 54.7 Å². The van der Waals surface area contributed by atoms with Crippen LogP contribution in [0.5, 0.6) is 5.88 Å². The third-order valence-electron chi connectivity index (χ3n) is 6.21. The molecule has 0 spiro atoms. The Hall–Kier alpha value is -3.91. The number of hydrogen-bond acceptors (Lipinski definition) is 6. The van der Waals surface area contributed by atoms with Gasteiger partial charge in [0.05, 0.1) is 29.4 Å². The number of carbonyl (C=O) groups excluding carboxylic acids is 1. The molecule has 196 valence electrons. The van der Waals surface area contributed by atoms with Gasteiger partial charge in [0.15, 0.2) is 5.82 Å². The number of halogens is 3. The molecular weight excluding hydrogens is 485 g/mol. The highest BCUT2D eigenvalue weighted by atomic mass is 19.3. The monoisotopic (exact) mass is 514 g/mol. The molecule has 11 heteroatoms. The summed E-state index contributed by atoms with van der Waals surface area (Å²) in [6, 6.07) is 4.73. The van der Waals surface area contributed by atoms with Crippen LogP contribution in [0, 0.1) is 11.3 Å². The van der Waals surface area contributed by atoms with Crippen molar-refractivity contribution in [3.63, 3.8) is 0 Å². The Morgan fingerprint density at radius 3 is 2.76 bits per heavy atom. The van der Waals surface area contributed by atoms with E-state index in [-0.39, 0.29) is 47.7 Å². The van der Waals surface area contributed by atoms with Gasteiger partial charge < -0.3 is 10.0 Å². The quantitative estimate of drug-likeness (QED) is 0.391. The van der Waals surface area contributed by atoms with Gasteiger partial charge in [0.2, 0.25) is 5.88 Å². The van der Waals surface area contributed by atoms with Gasteiger partial charge in [0, 0.05) is 25.3 Å². The number of likely N-dealkylation sites (tertiary alicyclic amines) is 1. The highest BCUT2D eigenvalue weighted by Gasteiger charge is 2.28. The molecule has 0 unspecified atom stereocenters. The number of pyridine rings is 1. The standard InChI is InChI=1S/C26H29F3N6O2/c1-4-22(27)18(12-30)8-7-17(2)21-14-32-35(26(21)37)24-10-9-19(13-31-24)25(36)34-11-5-6-20(15-34)33(3)16-23(28)29/h7-10,13-14,20,23,37H,2,4-6,11,15-16H2,1,3H3/b8-7-,22-18-/t20-/m1/s1. The molecular formula is C26H29F3N6O2. The van der Waals surface area contributed by atoms with E-state index in [1.54, 1.807) is 35.9 Å². The molecule has 37 heavy (non-hydrogen) atoms. The minimum atomic E-state index is -2.43. The van der Waals surface area contributed by atoms with E-state index in [2.05, 4.69) is 16.7 Å². The molecule has 0 saturated carbocycles. The molecule has 1 N–H and O–H groups in total. The van der Waals surface area contributed by atoms with Gasteiger partial charge in [0.1, 0.15) is 11.9 Å². The number of alkyl halides is 2. The number of aromatic hydroxyl groups is 1. The zero-order chi connectivity index (χ0) is 27.1. The predicted molar refractivity (Wildman–Crippen MR) is 133 cm³/mol. The second kappa shape index (κ2) is 12.4. The second-order valence-corrected chi connectivity index (χ2v) is 8.72. The van der Waals surface area contributed by atoms with Crippen molar-refractivity contribution < 1.29 is 23.1 Å². The van der Waals surface area contributed by atoms with Crippen molar-refractivity contribution in [2.24, 2.45) is 0 Å². The lowest BCUT2D eigenvalue weighted by Crippen LogP contribution is -2.49. The maximum absolute atomic E-state index is 13.7. The van der Waals surface area contributed by atoms with Crippen LogP contribution >= 0.6 is 0 Å². The largest absolute Gasteiger partial charge is 0.493 e. The average Bonchev–Trinajstić information content (AvgIpc) is 3.29. The van der Waals surface area contributed by atoms with Crippen molar-refractivity contribution in [1.29, 1.82) is 5.26 Å². The average molecular weight is 515 g/mol. The number of aromatic nitrogens is 3. The van der Waals surface area contributed by atoms with Crippen LogP contribution in [0.4, 0.5) is 13.2 Å². The smallest absolute Gasteiger partial charge is 0.255 e. The summed E-state index contributed by atoms with van der Waals surface area (Å²) in [6.07, 6.45) is 4.54. The normalized spacial score (nSPS) is 16.8. The minimum Gasteiger partial charge on any atom is -0.493 e. The number of likely N-dealkylation sites (N-methyl/N-ethyl adjacent to an activating group) is 1. The summed E-state index contributed by atoms with van der Waals surface area (Å²) >= 11 is 0. The summed E-state index contributed by atoms with van der Waals surface area (Å²) in [7, 11) is 1.64. The van der Waals surface area contributed by atoms with Crippen molar-refractivity contribution in [1.82, 2.24) is 24.6 Å². The Bertz CT molecular complexity index is 1230. The molecule has 3 rings (SSSR count). The molecule has 1 aliphatic rings. The Morgan fingerprint density at radius 2 is 2.14 bits per heavy atom. The highest BCUT2D eigenvalue weighted by Crippen LogP contribution is 2.27. The Balaban J connectivity index is 1.72. The minimum absolute atomic E-state index is 0.0845. The first-order valence-electron chi connectivity index (χ1n) is 11.8. The molecule has 0 aromatic carbocycles. The zero-order valence-electron chi connectivity index (χ0n) is 20.7. The number of nitriles is 1. The first kappa shape index (κ1) is 27.7. The SMILES string of the molecule is C=C(/C=C\C(C#N)=C(\F)CC)c1cnn(-c2ccc(C(=O)N3CCC[C@@H](N(C)CC(F)F)C3)cn2)c1O. The van der Waals surface area contributed by atoms with Gasteiger partial charge in [-0.15, -0.1) is 0 Å². The van der Waals surface area contributed by atoms with E-state index in [0.717, 1.165) is 11.1 Å². The second-order valence-electron chi connectivity index (χ2n) is 8.72. The lowest BCUT2D eigenvalue weighted by molar-refractivity contribution is 0.0439. The van der Waals surface area contributed by atoms with Crippen molar-refractivity contribution in [2.45, 2.75) is 38.7 Å². The fourth-order valence-electron chi connectivity index (χ4n) is 4.07. The predicted octanol–water partition coefficient (Wildman–Crippen LogP) is 4.50. The topological polar surface area (TPSA) is 98.3 Å². The first-order chi connectivity index (χ1) is 17.7. The lowest BCUT2D eigenvalue weighted by Gasteiger charge is -2.37. The van der Waals surface area contributed by atoms with Gasteiger partial charge in [0.25, 0.3) is 12.3 Å². The molecule has 0 radical (unpaired) electrons. The summed E-state index contributed by atoms with van der Waals surface area (Å²) in [5.41, 5.74) is 0.774. The van der Waals surface area contributed by atoms with Gasteiger partial charge in [-0.25, -0.2) is 18.2 Å². The maximum atomic E-state index is 13.7. The number of nitrogens with zero attached hydrogens (tertiary/aromatic N) is 6. The Morgan fingerprint density at radius 1 is 1.38 bits per heavy atom. The zero-order valence-corrected chi connectivity index (χ0v) is 20.7. The summed E-state index contributed by atoms with van der Waals surface area (Å²) in [4.78, 5) is 20.5. The number of amides is 1. The third-order valence-corrected chi connectivity index (χ3v) is 6.21. The lowest BCUT2D eigenvalue weighted by atomic mass is 10.0. The van der Waals surface area contributed by atoms with Crippen LogP contribution in [0.1, 0.15) is 42.1 Å². The fourth-order valence-corrected chi connectivity index (χ4v) is 4.07. The molecule has 1 saturated heterocycles. The first-order valence-corrected chi connectivity index (χ1v) is 11.8. The van der Waals surface area contributed by atoms with Gasteiger partial charge in [-0.1, -0.05) is 19.6 Å². The molecule has 8 nitrogen and oxygen atoms in total. The van der Waals surface area contributed by atoms with E-state index in [1.165, 1.54) is 30.6 Å². The van der Waals surface area contributed by atoms with E-state index >= 15 is 0 Å². The van der Waals surface area contributed by atoms with Crippen molar-refractivity contribution in [3.8, 4) is 17.8 Å². The summed E-state index contributed by atoms with van der Waals surface area (Å²) in [5.74, 6) is -0.815. The maximum Gasteiger partial charge on any atom is 0.255 e. The molecule has 0 bridgehead atoms. The van der Waals surface area contributed by atoms with Gasteiger partial charge >= 0.3 is 0 Å². The molecule has 0 aliphatic carbocycles. The Labute approximate surface area is 213 Å². The number of piperidine rings is 1. The van der Waals surface area contributed by atoms with E-state index < -0.39 is 12.3 Å². The number of hydrogen-bond donors (Lipinski definition) is 1. The molecule has 2 aromatic heterocycles. The Kier molecular flexibility index (Phi) is 9.25. The molecule has 1 amide bonds. The van der Waals surface area contributed by atoms with Crippen LogP contribution in [0.3, 0.4) is 0 Å². The van der Waals surface area contributed by atoms with Crippen molar-refractivity contribution in [3.05, 3.63) is 65.8 Å². The van der Waals surface area contributed by atoms with Gasteiger partial charge in [-0.05, 0) is 50.1 Å². The van der Waals surface area contributed by atoms with E-state index in [9.17, 15) is 23.1 Å². The van der Waals surface area contributed by atoms with E-state index in [4.69, 9.17) is 5.26 Å². The fraction of sp³-hybridized carbons (Fsp3) is 0.385. The van der Waals surface area contributed by atoms with Crippen LogP contribution in [-0.4, -0.2) is 74.7 Å². The third kappa shape index (κ3) is 6.65. The molecule has 1 atom stereocenters. The molecule has 2 aromatic rings. The number of allylic oxidation sites excluding steroid dienone is 5.